The summed E-state index contributed by atoms with van der Waals surface area (Å²) >= 11 is 0. The summed E-state index contributed by atoms with van der Waals surface area (Å²) in [6, 6.07) is 1.15. The molecule has 0 unspecified atom stereocenters. The Morgan fingerprint density at radius 1 is 1.46 bits per heavy atom. The van der Waals surface area contributed by atoms with E-state index in [2.05, 4.69) is 10.1 Å². The fourth-order valence-electron chi connectivity index (χ4n) is 1.23. The van der Waals surface area contributed by atoms with Crippen molar-refractivity contribution in [3.63, 3.8) is 0 Å². The van der Waals surface area contributed by atoms with Crippen molar-refractivity contribution in [1.82, 2.24) is 14.6 Å². The van der Waals surface area contributed by atoms with Gasteiger partial charge in [0.15, 0.2) is 5.65 Å². The van der Waals surface area contributed by atoms with Crippen LogP contribution in [-0.2, 0) is 6.42 Å². The van der Waals surface area contributed by atoms with E-state index in [-0.39, 0.29) is 11.8 Å². The standard InChI is InChI=1S/C8H9N3O2/c1-2-5-4-9-11-7(13)3-6(12)10-8(5)11/h3-4,13H,2H2,1H3,(H,10,12). The lowest BCUT2D eigenvalue weighted by Gasteiger charge is -1.98. The topological polar surface area (TPSA) is 70.7 Å². The smallest absolute Gasteiger partial charge is 0.219 e. The van der Waals surface area contributed by atoms with E-state index < -0.39 is 0 Å². The molecule has 0 amide bonds. The van der Waals surface area contributed by atoms with Crippen molar-refractivity contribution in [2.24, 2.45) is 0 Å². The predicted molar refractivity (Wildman–Crippen MR) is 45.7 cm³/mol. The summed E-state index contributed by atoms with van der Waals surface area (Å²) in [6.45, 7) is 1.96. The van der Waals surface area contributed by atoms with E-state index >= 15 is 0 Å². The quantitative estimate of drug-likeness (QED) is 0.676. The summed E-state index contributed by atoms with van der Waals surface area (Å²) in [7, 11) is 0. The normalized spacial score (nSPS) is 10.8. The third-order valence-corrected chi connectivity index (χ3v) is 1.89. The van der Waals surface area contributed by atoms with Crippen LogP contribution in [0.5, 0.6) is 11.8 Å². The Hall–Kier alpha value is -1.78. The number of aromatic nitrogens is 3. The molecule has 68 valence electrons. The van der Waals surface area contributed by atoms with Gasteiger partial charge in [0.25, 0.3) is 0 Å². The molecule has 5 nitrogen and oxygen atoms in total. The van der Waals surface area contributed by atoms with Gasteiger partial charge < -0.3 is 10.2 Å². The lowest BCUT2D eigenvalue weighted by molar-refractivity contribution is 0.412. The van der Waals surface area contributed by atoms with E-state index in [1.54, 1.807) is 6.20 Å². The Kier molecular flexibility index (Phi) is 1.58. The van der Waals surface area contributed by atoms with Crippen LogP contribution in [0.3, 0.4) is 0 Å². The molecule has 0 aliphatic carbocycles. The molecule has 0 aliphatic rings. The van der Waals surface area contributed by atoms with Crippen LogP contribution in [-0.4, -0.2) is 24.8 Å². The number of hydrogen-bond donors (Lipinski definition) is 2. The van der Waals surface area contributed by atoms with Gasteiger partial charge in [0.2, 0.25) is 11.8 Å². The average molecular weight is 179 g/mol. The van der Waals surface area contributed by atoms with E-state index in [0.29, 0.717) is 5.65 Å². The van der Waals surface area contributed by atoms with Crippen molar-refractivity contribution in [3.8, 4) is 11.8 Å². The van der Waals surface area contributed by atoms with E-state index in [9.17, 15) is 5.11 Å². The lowest BCUT2D eigenvalue weighted by Crippen LogP contribution is -1.91. The van der Waals surface area contributed by atoms with Crippen LogP contribution in [0.1, 0.15) is 12.5 Å². The average Bonchev–Trinajstić information content (AvgIpc) is 2.47. The molecule has 0 saturated carbocycles. The van der Waals surface area contributed by atoms with Gasteiger partial charge >= 0.3 is 0 Å². The Labute approximate surface area is 74.3 Å². The van der Waals surface area contributed by atoms with E-state index in [0.717, 1.165) is 18.1 Å². The van der Waals surface area contributed by atoms with Gasteiger partial charge in [-0.3, -0.25) is 0 Å². The van der Waals surface area contributed by atoms with Crippen molar-refractivity contribution < 1.29 is 10.2 Å². The molecule has 13 heavy (non-hydrogen) atoms. The first-order valence-electron chi connectivity index (χ1n) is 3.98. The van der Waals surface area contributed by atoms with E-state index in [1.807, 2.05) is 6.92 Å². The third-order valence-electron chi connectivity index (χ3n) is 1.89. The molecule has 5 heteroatoms. The minimum atomic E-state index is -0.194. The van der Waals surface area contributed by atoms with Crippen molar-refractivity contribution in [1.29, 1.82) is 0 Å². The van der Waals surface area contributed by atoms with Crippen molar-refractivity contribution in [3.05, 3.63) is 17.8 Å². The maximum absolute atomic E-state index is 9.36. The Balaban J connectivity index is 2.82. The zero-order chi connectivity index (χ0) is 9.42. The van der Waals surface area contributed by atoms with Crippen LogP contribution in [0.2, 0.25) is 0 Å². The third kappa shape index (κ3) is 1.09. The molecule has 0 aliphatic heterocycles. The highest BCUT2D eigenvalue weighted by molar-refractivity contribution is 5.49. The number of fused-ring (bicyclic) bond motifs is 1. The van der Waals surface area contributed by atoms with Gasteiger partial charge in [-0.05, 0) is 6.42 Å². The molecule has 0 spiro atoms. The molecule has 2 aromatic heterocycles. The number of aryl methyl sites for hydroxylation is 1. The van der Waals surface area contributed by atoms with Crippen LogP contribution in [0.4, 0.5) is 0 Å². The molecule has 0 atom stereocenters. The monoisotopic (exact) mass is 179 g/mol. The molecule has 2 aromatic rings. The van der Waals surface area contributed by atoms with Gasteiger partial charge in [-0.15, -0.1) is 0 Å². The fraction of sp³-hybridized carbons (Fsp3) is 0.250. The summed E-state index contributed by atoms with van der Waals surface area (Å²) in [5, 5.41) is 22.4. The second-order valence-corrected chi connectivity index (χ2v) is 2.73. The lowest BCUT2D eigenvalue weighted by atomic mass is 10.3. The molecule has 2 heterocycles. The van der Waals surface area contributed by atoms with Crippen LogP contribution in [0.25, 0.3) is 5.65 Å². The number of rotatable bonds is 1. The molecule has 0 bridgehead atoms. The SMILES string of the molecule is CCc1cnn2c(O)cc(O)nc12. The predicted octanol–water partition coefficient (Wildman–Crippen LogP) is 0.703. The van der Waals surface area contributed by atoms with Gasteiger partial charge in [-0.25, -0.2) is 0 Å². The maximum Gasteiger partial charge on any atom is 0.219 e. The summed E-state index contributed by atoms with van der Waals surface area (Å²) in [5.41, 5.74) is 1.39. The number of nitrogens with zero attached hydrogens (tertiary/aromatic N) is 3. The van der Waals surface area contributed by atoms with Gasteiger partial charge in [0.05, 0.1) is 12.3 Å². The van der Waals surface area contributed by atoms with E-state index in [4.69, 9.17) is 5.11 Å². The van der Waals surface area contributed by atoms with Crippen LogP contribution < -0.4 is 0 Å². The largest absolute Gasteiger partial charge is 0.493 e. The van der Waals surface area contributed by atoms with Gasteiger partial charge in [-0.1, -0.05) is 6.92 Å². The maximum atomic E-state index is 9.36. The minimum absolute atomic E-state index is 0.109. The van der Waals surface area contributed by atoms with Crippen molar-refractivity contribution in [2.45, 2.75) is 13.3 Å². The first kappa shape index (κ1) is 7.85. The molecule has 0 radical (unpaired) electrons. The fourth-order valence-corrected chi connectivity index (χ4v) is 1.23. The highest BCUT2D eigenvalue weighted by Gasteiger charge is 2.08. The van der Waals surface area contributed by atoms with Crippen LogP contribution in [0.15, 0.2) is 12.3 Å². The first-order chi connectivity index (χ1) is 6.22. The molecule has 0 fully saturated rings. The first-order valence-corrected chi connectivity index (χ1v) is 3.98. The molecule has 0 aromatic carbocycles. The van der Waals surface area contributed by atoms with Crippen molar-refractivity contribution >= 4 is 5.65 Å². The Morgan fingerprint density at radius 2 is 2.23 bits per heavy atom. The summed E-state index contributed by atoms with van der Waals surface area (Å²) < 4.78 is 1.29. The number of hydrogen-bond acceptors (Lipinski definition) is 4. The molecule has 0 saturated heterocycles. The Bertz CT molecular complexity index is 450. The minimum Gasteiger partial charge on any atom is -0.493 e. The highest BCUT2D eigenvalue weighted by Crippen LogP contribution is 2.19. The second-order valence-electron chi connectivity index (χ2n) is 2.73. The molecular weight excluding hydrogens is 170 g/mol. The summed E-state index contributed by atoms with van der Waals surface area (Å²) in [5.74, 6) is -0.303. The second kappa shape index (κ2) is 2.62. The van der Waals surface area contributed by atoms with Crippen molar-refractivity contribution in [2.75, 3.05) is 0 Å². The van der Waals surface area contributed by atoms with Crippen LogP contribution >= 0.6 is 0 Å². The highest BCUT2D eigenvalue weighted by atomic mass is 16.3. The summed E-state index contributed by atoms with van der Waals surface area (Å²) in [4.78, 5) is 3.86. The Morgan fingerprint density at radius 3 is 2.92 bits per heavy atom. The van der Waals surface area contributed by atoms with Gasteiger partial charge in [-0.2, -0.15) is 14.6 Å². The molecule has 2 N–H and O–H groups in total. The van der Waals surface area contributed by atoms with E-state index in [1.165, 1.54) is 4.52 Å². The zero-order valence-electron chi connectivity index (χ0n) is 7.10. The molecular formula is C8H9N3O2. The number of aromatic hydroxyl groups is 2. The summed E-state index contributed by atoms with van der Waals surface area (Å²) in [6.07, 6.45) is 2.39. The molecule has 2 rings (SSSR count). The van der Waals surface area contributed by atoms with Gasteiger partial charge in [0, 0.05) is 5.56 Å². The van der Waals surface area contributed by atoms with Crippen LogP contribution in [0, 0.1) is 0 Å². The zero-order valence-corrected chi connectivity index (χ0v) is 7.10. The van der Waals surface area contributed by atoms with Gasteiger partial charge in [0.1, 0.15) is 0 Å².